The monoisotopic (exact) mass is 279 g/mol. The molecule has 21 heavy (non-hydrogen) atoms. The number of hydrogen-bond donors (Lipinski definition) is 1. The fourth-order valence-electron chi connectivity index (χ4n) is 3.40. The summed E-state index contributed by atoms with van der Waals surface area (Å²) in [6.07, 6.45) is 1.09. The number of hydrogen-bond acceptors (Lipinski definition) is 2. The number of nitrogens with one attached hydrogen (secondary N) is 1. The molecule has 2 aromatic carbocycles. The maximum absolute atomic E-state index is 5.94. The predicted molar refractivity (Wildman–Crippen MR) is 85.1 cm³/mol. The lowest BCUT2D eigenvalue weighted by Gasteiger charge is -2.15. The summed E-state index contributed by atoms with van der Waals surface area (Å²) in [5, 5.41) is 3.60. The van der Waals surface area contributed by atoms with Crippen molar-refractivity contribution in [2.75, 3.05) is 6.61 Å². The molecular weight excluding hydrogens is 258 g/mol. The summed E-state index contributed by atoms with van der Waals surface area (Å²) in [7, 11) is 0. The molecule has 1 saturated heterocycles. The van der Waals surface area contributed by atoms with E-state index in [0.717, 1.165) is 13.0 Å². The van der Waals surface area contributed by atoms with E-state index >= 15 is 0 Å². The summed E-state index contributed by atoms with van der Waals surface area (Å²) in [4.78, 5) is 0. The van der Waals surface area contributed by atoms with Crippen LogP contribution in [0.2, 0.25) is 0 Å². The molecule has 2 atom stereocenters. The third-order valence-electron chi connectivity index (χ3n) is 4.73. The highest BCUT2D eigenvalue weighted by Gasteiger charge is 2.28. The lowest BCUT2D eigenvalue weighted by molar-refractivity contribution is 0.0999. The molecule has 0 unspecified atom stereocenters. The van der Waals surface area contributed by atoms with Gasteiger partial charge in [0, 0.05) is 6.04 Å². The van der Waals surface area contributed by atoms with E-state index in [4.69, 9.17) is 4.74 Å². The number of fused-ring (bicyclic) bond motifs is 3. The van der Waals surface area contributed by atoms with Crippen molar-refractivity contribution in [2.45, 2.75) is 32.5 Å². The molecule has 108 valence electrons. The Bertz CT molecular complexity index is 677. The zero-order valence-electron chi connectivity index (χ0n) is 12.6. The number of rotatable bonds is 2. The van der Waals surface area contributed by atoms with E-state index in [1.807, 2.05) is 0 Å². The van der Waals surface area contributed by atoms with Gasteiger partial charge >= 0.3 is 0 Å². The molecule has 1 heterocycles. The average molecular weight is 279 g/mol. The summed E-state index contributed by atoms with van der Waals surface area (Å²) in [6, 6.07) is 15.9. The molecule has 1 N–H and O–H groups in total. The molecule has 0 bridgehead atoms. The van der Waals surface area contributed by atoms with Gasteiger partial charge in [-0.15, -0.1) is 0 Å². The molecule has 1 aliphatic heterocycles. The van der Waals surface area contributed by atoms with Crippen LogP contribution in [0.1, 0.15) is 36.8 Å². The number of benzene rings is 2. The van der Waals surface area contributed by atoms with Gasteiger partial charge in [0.05, 0.1) is 6.61 Å². The third-order valence-corrected chi connectivity index (χ3v) is 4.73. The normalized spacial score (nSPS) is 23.4. The van der Waals surface area contributed by atoms with Crippen LogP contribution in [0.25, 0.3) is 11.1 Å². The zero-order chi connectivity index (χ0) is 14.4. The van der Waals surface area contributed by atoms with Crippen molar-refractivity contribution in [3.8, 4) is 11.1 Å². The van der Waals surface area contributed by atoms with Gasteiger partial charge in [-0.1, -0.05) is 56.3 Å². The SMILES string of the molecule is CC(C)[C@H]1CO[C@@H](c2ccc3c(c2)Cc2ccccc2-3)N1. The minimum Gasteiger partial charge on any atom is -0.357 e. The second-order valence-corrected chi connectivity index (χ2v) is 6.48. The fourth-order valence-corrected chi connectivity index (χ4v) is 3.40. The lowest BCUT2D eigenvalue weighted by atomic mass is 10.0. The highest BCUT2D eigenvalue weighted by atomic mass is 16.5. The largest absolute Gasteiger partial charge is 0.357 e. The molecule has 0 amide bonds. The fraction of sp³-hybridized carbons (Fsp3) is 0.368. The molecule has 4 rings (SSSR count). The first-order chi connectivity index (χ1) is 10.2. The minimum absolute atomic E-state index is 0.0476. The van der Waals surface area contributed by atoms with E-state index in [-0.39, 0.29) is 6.23 Å². The van der Waals surface area contributed by atoms with Gasteiger partial charge in [-0.3, -0.25) is 5.32 Å². The molecule has 0 aromatic heterocycles. The maximum atomic E-state index is 5.94. The molecule has 2 aromatic rings. The van der Waals surface area contributed by atoms with Crippen LogP contribution in [-0.4, -0.2) is 12.6 Å². The standard InChI is InChI=1S/C19H21NO/c1-12(2)18-11-21-19(20-18)14-7-8-17-15(10-14)9-13-5-3-4-6-16(13)17/h3-8,10,12,18-20H,9,11H2,1-2H3/t18-,19+/m1/s1. The third kappa shape index (κ3) is 2.19. The summed E-state index contributed by atoms with van der Waals surface area (Å²) < 4.78 is 5.94. The second-order valence-electron chi connectivity index (χ2n) is 6.48. The molecule has 2 heteroatoms. The predicted octanol–water partition coefficient (Wildman–Crippen LogP) is 3.90. The van der Waals surface area contributed by atoms with Crippen molar-refractivity contribution in [3.63, 3.8) is 0 Å². The molecule has 1 fully saturated rings. The number of ether oxygens (including phenoxy) is 1. The summed E-state index contributed by atoms with van der Waals surface area (Å²) >= 11 is 0. The minimum atomic E-state index is 0.0476. The summed E-state index contributed by atoms with van der Waals surface area (Å²) in [5.41, 5.74) is 6.88. The Morgan fingerprint density at radius 1 is 1.05 bits per heavy atom. The molecule has 1 aliphatic carbocycles. The van der Waals surface area contributed by atoms with Crippen LogP contribution >= 0.6 is 0 Å². The van der Waals surface area contributed by atoms with Crippen LogP contribution in [0.5, 0.6) is 0 Å². The Morgan fingerprint density at radius 3 is 2.67 bits per heavy atom. The lowest BCUT2D eigenvalue weighted by Crippen LogP contribution is -2.30. The van der Waals surface area contributed by atoms with E-state index in [0.29, 0.717) is 12.0 Å². The second kappa shape index (κ2) is 4.97. The topological polar surface area (TPSA) is 21.3 Å². The van der Waals surface area contributed by atoms with Gasteiger partial charge in [-0.05, 0) is 40.2 Å². The first kappa shape index (κ1) is 13.1. The molecule has 0 radical (unpaired) electrons. The van der Waals surface area contributed by atoms with Gasteiger partial charge in [0.25, 0.3) is 0 Å². The Labute approximate surface area is 126 Å². The molecule has 2 aliphatic rings. The quantitative estimate of drug-likeness (QED) is 0.768. The van der Waals surface area contributed by atoms with E-state index in [1.165, 1.54) is 27.8 Å². The first-order valence-corrected chi connectivity index (χ1v) is 7.81. The van der Waals surface area contributed by atoms with Gasteiger partial charge in [0.2, 0.25) is 0 Å². The van der Waals surface area contributed by atoms with Crippen molar-refractivity contribution < 1.29 is 4.74 Å². The summed E-state index contributed by atoms with van der Waals surface area (Å²) in [5.74, 6) is 0.605. The first-order valence-electron chi connectivity index (χ1n) is 7.81. The zero-order valence-corrected chi connectivity index (χ0v) is 12.6. The Kier molecular flexibility index (Phi) is 3.09. The maximum Gasteiger partial charge on any atom is 0.134 e. The van der Waals surface area contributed by atoms with Gasteiger partial charge in [0.1, 0.15) is 6.23 Å². The van der Waals surface area contributed by atoms with Crippen LogP contribution < -0.4 is 5.32 Å². The van der Waals surface area contributed by atoms with E-state index in [2.05, 4.69) is 61.6 Å². The van der Waals surface area contributed by atoms with Crippen molar-refractivity contribution in [1.82, 2.24) is 5.32 Å². The van der Waals surface area contributed by atoms with Crippen LogP contribution in [0.4, 0.5) is 0 Å². The average Bonchev–Trinajstić information content (AvgIpc) is 3.11. The highest BCUT2D eigenvalue weighted by Crippen LogP contribution is 2.38. The van der Waals surface area contributed by atoms with Crippen LogP contribution in [0.3, 0.4) is 0 Å². The van der Waals surface area contributed by atoms with Gasteiger partial charge in [-0.2, -0.15) is 0 Å². The van der Waals surface area contributed by atoms with Gasteiger partial charge in [-0.25, -0.2) is 0 Å². The Hall–Kier alpha value is -1.64. The molecule has 0 saturated carbocycles. The van der Waals surface area contributed by atoms with E-state index < -0.39 is 0 Å². The van der Waals surface area contributed by atoms with Crippen molar-refractivity contribution in [3.05, 3.63) is 59.2 Å². The van der Waals surface area contributed by atoms with Crippen molar-refractivity contribution in [2.24, 2.45) is 5.92 Å². The Morgan fingerprint density at radius 2 is 1.86 bits per heavy atom. The van der Waals surface area contributed by atoms with Crippen molar-refractivity contribution >= 4 is 0 Å². The van der Waals surface area contributed by atoms with Gasteiger partial charge < -0.3 is 4.74 Å². The molecule has 2 nitrogen and oxygen atoms in total. The van der Waals surface area contributed by atoms with Gasteiger partial charge in [0.15, 0.2) is 0 Å². The highest BCUT2D eigenvalue weighted by molar-refractivity contribution is 5.76. The molecular formula is C19H21NO. The Balaban J connectivity index is 1.62. The van der Waals surface area contributed by atoms with Crippen LogP contribution in [0, 0.1) is 5.92 Å². The van der Waals surface area contributed by atoms with Crippen LogP contribution in [-0.2, 0) is 11.2 Å². The van der Waals surface area contributed by atoms with E-state index in [9.17, 15) is 0 Å². The smallest absolute Gasteiger partial charge is 0.134 e. The van der Waals surface area contributed by atoms with E-state index in [1.54, 1.807) is 0 Å². The van der Waals surface area contributed by atoms with Crippen LogP contribution in [0.15, 0.2) is 42.5 Å². The molecule has 0 spiro atoms. The van der Waals surface area contributed by atoms with Crippen molar-refractivity contribution in [1.29, 1.82) is 0 Å². The summed E-state index contributed by atoms with van der Waals surface area (Å²) in [6.45, 7) is 5.28.